The van der Waals surface area contributed by atoms with Crippen molar-refractivity contribution in [2.45, 2.75) is 19.3 Å². The average Bonchev–Trinajstić information content (AvgIpc) is 2.41. The highest BCUT2D eigenvalue weighted by Crippen LogP contribution is 2.27. The molecule has 0 amide bonds. The van der Waals surface area contributed by atoms with Crippen LogP contribution in [0, 0.1) is 5.92 Å². The van der Waals surface area contributed by atoms with Gasteiger partial charge < -0.3 is 14.2 Å². The van der Waals surface area contributed by atoms with Gasteiger partial charge in [-0.2, -0.15) is 0 Å². The Hall–Kier alpha value is -2.04. The van der Waals surface area contributed by atoms with Crippen LogP contribution in [0.25, 0.3) is 0 Å². The molecule has 102 valence electrons. The van der Waals surface area contributed by atoms with Crippen molar-refractivity contribution in [3.8, 4) is 11.5 Å². The lowest BCUT2D eigenvalue weighted by atomic mass is 9.93. The predicted molar refractivity (Wildman–Crippen MR) is 67.1 cm³/mol. The summed E-state index contributed by atoms with van der Waals surface area (Å²) in [6.07, 6.45) is 1.33. The molecule has 1 heterocycles. The van der Waals surface area contributed by atoms with E-state index >= 15 is 0 Å². The first-order valence-electron chi connectivity index (χ1n) is 6.09. The zero-order valence-electron chi connectivity index (χ0n) is 11.0. The number of rotatable bonds is 4. The summed E-state index contributed by atoms with van der Waals surface area (Å²) < 4.78 is 15.0. The van der Waals surface area contributed by atoms with Gasteiger partial charge in [-0.05, 0) is 30.5 Å². The smallest absolute Gasteiger partial charge is 0.316 e. The maximum absolute atomic E-state index is 11.6. The van der Waals surface area contributed by atoms with E-state index < -0.39 is 11.9 Å². The molecule has 1 aromatic rings. The highest BCUT2D eigenvalue weighted by Gasteiger charge is 2.29. The zero-order valence-corrected chi connectivity index (χ0v) is 11.0. The Labute approximate surface area is 111 Å². The van der Waals surface area contributed by atoms with Crippen molar-refractivity contribution in [3.63, 3.8) is 0 Å². The van der Waals surface area contributed by atoms with E-state index in [4.69, 9.17) is 9.47 Å². The van der Waals surface area contributed by atoms with E-state index in [2.05, 4.69) is 4.74 Å². The monoisotopic (exact) mass is 264 g/mol. The fourth-order valence-electron chi connectivity index (χ4n) is 2.11. The molecule has 1 aliphatic heterocycles. The van der Waals surface area contributed by atoms with Crippen molar-refractivity contribution < 1.29 is 23.8 Å². The topological polar surface area (TPSA) is 61.8 Å². The van der Waals surface area contributed by atoms with Crippen LogP contribution < -0.4 is 9.47 Å². The summed E-state index contributed by atoms with van der Waals surface area (Å²) in [7, 11) is 3.15. The second-order valence-electron chi connectivity index (χ2n) is 4.45. The van der Waals surface area contributed by atoms with Gasteiger partial charge in [-0.25, -0.2) is 0 Å². The summed E-state index contributed by atoms with van der Waals surface area (Å²) >= 11 is 0. The molecular weight excluding hydrogens is 248 g/mol. The molecule has 0 radical (unpaired) electrons. The molecule has 1 aliphatic rings. The summed E-state index contributed by atoms with van der Waals surface area (Å²) in [5, 5.41) is 0. The SMILES string of the molecule is COc1cc(CC2CCC(=O)OC2=O)cc(OC)c1. The number of hydrogen-bond donors (Lipinski definition) is 0. The number of hydrogen-bond acceptors (Lipinski definition) is 5. The van der Waals surface area contributed by atoms with Gasteiger partial charge in [-0.3, -0.25) is 9.59 Å². The molecule has 0 spiro atoms. The Morgan fingerprint density at radius 3 is 2.32 bits per heavy atom. The maximum atomic E-state index is 11.6. The molecule has 0 aliphatic carbocycles. The van der Waals surface area contributed by atoms with E-state index in [9.17, 15) is 9.59 Å². The number of ether oxygens (including phenoxy) is 3. The van der Waals surface area contributed by atoms with Gasteiger partial charge in [-0.1, -0.05) is 0 Å². The molecule has 0 bridgehead atoms. The van der Waals surface area contributed by atoms with Crippen LogP contribution in [-0.4, -0.2) is 26.2 Å². The zero-order chi connectivity index (χ0) is 13.8. The van der Waals surface area contributed by atoms with Gasteiger partial charge in [0.25, 0.3) is 0 Å². The summed E-state index contributed by atoms with van der Waals surface area (Å²) in [5.41, 5.74) is 0.924. The molecule has 5 heteroatoms. The molecular formula is C14H16O5. The van der Waals surface area contributed by atoms with Crippen molar-refractivity contribution in [1.29, 1.82) is 0 Å². The summed E-state index contributed by atoms with van der Waals surface area (Å²) in [6.45, 7) is 0. The highest BCUT2D eigenvalue weighted by molar-refractivity contribution is 5.89. The van der Waals surface area contributed by atoms with Crippen LogP contribution in [0.3, 0.4) is 0 Å². The number of carbonyl (C=O) groups is 2. The Balaban J connectivity index is 2.14. The molecule has 1 saturated heterocycles. The van der Waals surface area contributed by atoms with Crippen molar-refractivity contribution >= 4 is 11.9 Å². The standard InChI is InChI=1S/C14H16O5/c1-17-11-6-9(7-12(8-11)18-2)5-10-3-4-13(15)19-14(10)16/h6-8,10H,3-5H2,1-2H3. The maximum Gasteiger partial charge on any atom is 0.316 e. The lowest BCUT2D eigenvalue weighted by Gasteiger charge is -2.19. The van der Waals surface area contributed by atoms with Crippen molar-refractivity contribution in [2.24, 2.45) is 5.92 Å². The lowest BCUT2D eigenvalue weighted by Crippen LogP contribution is -2.29. The first-order chi connectivity index (χ1) is 9.12. The molecule has 1 unspecified atom stereocenters. The van der Waals surface area contributed by atoms with E-state index in [-0.39, 0.29) is 12.3 Å². The molecule has 0 aromatic heterocycles. The third kappa shape index (κ3) is 3.24. The van der Waals surface area contributed by atoms with Gasteiger partial charge in [-0.15, -0.1) is 0 Å². The fraction of sp³-hybridized carbons (Fsp3) is 0.429. The minimum Gasteiger partial charge on any atom is -0.497 e. The summed E-state index contributed by atoms with van der Waals surface area (Å²) in [5.74, 6) is 0.182. The van der Waals surface area contributed by atoms with E-state index in [0.29, 0.717) is 24.3 Å². The Kier molecular flexibility index (Phi) is 4.04. The van der Waals surface area contributed by atoms with Crippen LogP contribution in [0.4, 0.5) is 0 Å². The molecule has 5 nitrogen and oxygen atoms in total. The van der Waals surface area contributed by atoms with Crippen LogP contribution in [0.1, 0.15) is 18.4 Å². The van der Waals surface area contributed by atoms with Gasteiger partial charge in [0.15, 0.2) is 0 Å². The third-order valence-corrected chi connectivity index (χ3v) is 3.14. The van der Waals surface area contributed by atoms with Crippen LogP contribution in [0.5, 0.6) is 11.5 Å². The van der Waals surface area contributed by atoms with Gasteiger partial charge in [0.2, 0.25) is 0 Å². The number of cyclic esters (lactones) is 2. The van der Waals surface area contributed by atoms with Crippen LogP contribution >= 0.6 is 0 Å². The first kappa shape index (κ1) is 13.4. The third-order valence-electron chi connectivity index (χ3n) is 3.14. The van der Waals surface area contributed by atoms with Crippen LogP contribution in [0.2, 0.25) is 0 Å². The predicted octanol–water partition coefficient (Wildman–Crippen LogP) is 1.73. The van der Waals surface area contributed by atoms with Crippen LogP contribution in [0.15, 0.2) is 18.2 Å². The van der Waals surface area contributed by atoms with Gasteiger partial charge in [0.05, 0.1) is 20.1 Å². The van der Waals surface area contributed by atoms with E-state index in [0.717, 1.165) is 5.56 Å². The molecule has 1 fully saturated rings. The van der Waals surface area contributed by atoms with Gasteiger partial charge in [0, 0.05) is 12.5 Å². The summed E-state index contributed by atoms with van der Waals surface area (Å²) in [6, 6.07) is 5.48. The quantitative estimate of drug-likeness (QED) is 0.612. The molecule has 0 N–H and O–H groups in total. The van der Waals surface area contributed by atoms with Gasteiger partial charge in [0.1, 0.15) is 11.5 Å². The molecule has 1 aromatic carbocycles. The van der Waals surface area contributed by atoms with Crippen molar-refractivity contribution in [3.05, 3.63) is 23.8 Å². The number of benzene rings is 1. The molecule has 1 atom stereocenters. The molecule has 0 saturated carbocycles. The second-order valence-corrected chi connectivity index (χ2v) is 4.45. The Bertz CT molecular complexity index is 472. The number of carbonyl (C=O) groups excluding carboxylic acids is 2. The average molecular weight is 264 g/mol. The van der Waals surface area contributed by atoms with E-state index in [1.54, 1.807) is 20.3 Å². The second kappa shape index (κ2) is 5.73. The largest absolute Gasteiger partial charge is 0.497 e. The van der Waals surface area contributed by atoms with Crippen LogP contribution in [-0.2, 0) is 20.7 Å². The first-order valence-corrected chi connectivity index (χ1v) is 6.09. The van der Waals surface area contributed by atoms with E-state index in [1.165, 1.54) is 0 Å². The minimum absolute atomic E-state index is 0.283. The van der Waals surface area contributed by atoms with E-state index in [1.807, 2.05) is 12.1 Å². The molecule has 2 rings (SSSR count). The van der Waals surface area contributed by atoms with Crippen molar-refractivity contribution in [1.82, 2.24) is 0 Å². The normalized spacial score (nSPS) is 18.9. The lowest BCUT2D eigenvalue weighted by molar-refractivity contribution is -0.167. The number of esters is 2. The molecule has 19 heavy (non-hydrogen) atoms. The van der Waals surface area contributed by atoms with Gasteiger partial charge >= 0.3 is 11.9 Å². The Morgan fingerprint density at radius 1 is 1.16 bits per heavy atom. The Morgan fingerprint density at radius 2 is 1.79 bits per heavy atom. The number of methoxy groups -OCH3 is 2. The fourth-order valence-corrected chi connectivity index (χ4v) is 2.11. The summed E-state index contributed by atoms with van der Waals surface area (Å²) in [4.78, 5) is 22.6. The highest BCUT2D eigenvalue weighted by atomic mass is 16.6. The van der Waals surface area contributed by atoms with Crippen molar-refractivity contribution in [2.75, 3.05) is 14.2 Å². The minimum atomic E-state index is -0.446.